The number of carbonyl (C=O) groups excluding carboxylic acids is 1. The maximum absolute atomic E-state index is 13.2. The Bertz CT molecular complexity index is 1310. The van der Waals surface area contributed by atoms with Crippen molar-refractivity contribution >= 4 is 34.2 Å². The zero-order valence-corrected chi connectivity index (χ0v) is 18.3. The molecule has 2 aromatic heterocycles. The molecule has 0 bridgehead atoms. The van der Waals surface area contributed by atoms with Crippen molar-refractivity contribution in [3.63, 3.8) is 0 Å². The topological polar surface area (TPSA) is 68.9 Å². The summed E-state index contributed by atoms with van der Waals surface area (Å²) in [4.78, 5) is 26.4. The highest BCUT2D eigenvalue weighted by Gasteiger charge is 2.26. The van der Waals surface area contributed by atoms with Crippen LogP contribution in [0.5, 0.6) is 0 Å². The molecule has 1 atom stereocenters. The second-order valence-corrected chi connectivity index (χ2v) is 7.92. The number of rotatable bonds is 5. The average Bonchev–Trinajstić information content (AvgIpc) is 3.10. The van der Waals surface area contributed by atoms with Crippen LogP contribution in [0.1, 0.15) is 30.6 Å². The first-order valence-electron chi connectivity index (χ1n) is 10.1. The van der Waals surface area contributed by atoms with Crippen LogP contribution in [0, 0.1) is 13.8 Å². The quantitative estimate of drug-likeness (QED) is 0.478. The second-order valence-electron chi connectivity index (χ2n) is 7.49. The third kappa shape index (κ3) is 3.86. The summed E-state index contributed by atoms with van der Waals surface area (Å²) in [6, 6.07) is 17.4. The van der Waals surface area contributed by atoms with Gasteiger partial charge in [-0.15, -0.1) is 0 Å². The standard InChI is InChI=1S/C24H23ClN4O2/c1-4-20(23(31)26-18-12-10-17(25)11-13-18)28-21(30)14-15(2)22-16(3)27-29(24(22)28)19-8-6-5-7-9-19/h5-14,20H,4H2,1-3H3,(H,26,31). The summed E-state index contributed by atoms with van der Waals surface area (Å²) < 4.78 is 3.30. The lowest BCUT2D eigenvalue weighted by Crippen LogP contribution is -2.34. The second kappa shape index (κ2) is 8.40. The van der Waals surface area contributed by atoms with E-state index in [0.717, 1.165) is 22.3 Å². The van der Waals surface area contributed by atoms with Crippen molar-refractivity contribution < 1.29 is 4.79 Å². The number of aromatic nitrogens is 3. The number of anilines is 1. The predicted molar refractivity (Wildman–Crippen MR) is 124 cm³/mol. The molecule has 2 aromatic carbocycles. The largest absolute Gasteiger partial charge is 0.324 e. The third-order valence-electron chi connectivity index (χ3n) is 5.35. The van der Waals surface area contributed by atoms with E-state index in [0.29, 0.717) is 22.8 Å². The number of nitrogens with one attached hydrogen (secondary N) is 1. The van der Waals surface area contributed by atoms with Gasteiger partial charge in [-0.2, -0.15) is 5.10 Å². The molecule has 0 spiro atoms. The van der Waals surface area contributed by atoms with Crippen molar-refractivity contribution in [2.75, 3.05) is 5.32 Å². The van der Waals surface area contributed by atoms with Gasteiger partial charge in [0.15, 0.2) is 0 Å². The SMILES string of the molecule is CCC(C(=O)Nc1ccc(Cl)cc1)n1c(=O)cc(C)c2c(C)nn(-c3ccccc3)c21. The van der Waals surface area contributed by atoms with Gasteiger partial charge in [0.05, 0.1) is 11.4 Å². The van der Waals surface area contributed by atoms with Gasteiger partial charge < -0.3 is 5.32 Å². The van der Waals surface area contributed by atoms with Crippen molar-refractivity contribution in [3.8, 4) is 5.69 Å². The fraction of sp³-hybridized carbons (Fsp3) is 0.208. The maximum atomic E-state index is 13.2. The molecule has 4 aromatic rings. The molecule has 7 heteroatoms. The van der Waals surface area contributed by atoms with Crippen LogP contribution in [-0.4, -0.2) is 20.3 Å². The van der Waals surface area contributed by atoms with Crippen LogP contribution in [0.3, 0.4) is 0 Å². The van der Waals surface area contributed by atoms with Crippen molar-refractivity contribution in [3.05, 3.63) is 87.3 Å². The number of benzene rings is 2. The normalized spacial score (nSPS) is 12.1. The minimum atomic E-state index is -0.704. The molecular formula is C24H23ClN4O2. The molecule has 1 N–H and O–H groups in total. The number of amides is 1. The number of hydrogen-bond acceptors (Lipinski definition) is 3. The van der Waals surface area contributed by atoms with Crippen LogP contribution >= 0.6 is 11.6 Å². The van der Waals surface area contributed by atoms with Crippen molar-refractivity contribution in [2.45, 2.75) is 33.2 Å². The van der Waals surface area contributed by atoms with Crippen molar-refractivity contribution in [1.29, 1.82) is 0 Å². The Morgan fingerprint density at radius 1 is 1.10 bits per heavy atom. The summed E-state index contributed by atoms with van der Waals surface area (Å²) in [5.74, 6) is -0.268. The Hall–Kier alpha value is -3.38. The Kier molecular flexibility index (Phi) is 5.65. The van der Waals surface area contributed by atoms with Crippen LogP contribution < -0.4 is 10.9 Å². The predicted octanol–water partition coefficient (Wildman–Crippen LogP) is 5.05. The highest BCUT2D eigenvalue weighted by Crippen LogP contribution is 2.27. The van der Waals surface area contributed by atoms with E-state index in [-0.39, 0.29) is 11.5 Å². The Labute approximate surface area is 185 Å². The number of carbonyl (C=O) groups is 1. The van der Waals surface area contributed by atoms with E-state index in [2.05, 4.69) is 5.32 Å². The first kappa shape index (κ1) is 20.9. The molecule has 0 fully saturated rings. The number of halogens is 1. The molecule has 6 nitrogen and oxygen atoms in total. The molecular weight excluding hydrogens is 412 g/mol. The lowest BCUT2D eigenvalue weighted by molar-refractivity contribution is -0.119. The number of fused-ring (bicyclic) bond motifs is 1. The number of nitrogens with zero attached hydrogens (tertiary/aromatic N) is 3. The molecule has 0 aliphatic rings. The van der Waals surface area contributed by atoms with Gasteiger partial charge in [0.2, 0.25) is 5.91 Å². The Morgan fingerprint density at radius 3 is 2.42 bits per heavy atom. The molecule has 0 saturated carbocycles. The zero-order chi connectivity index (χ0) is 22.1. The molecule has 0 radical (unpaired) electrons. The van der Waals surface area contributed by atoms with Crippen molar-refractivity contribution in [1.82, 2.24) is 14.3 Å². The number of para-hydroxylation sites is 1. The lowest BCUT2D eigenvalue weighted by atomic mass is 10.1. The zero-order valence-electron chi connectivity index (χ0n) is 17.6. The molecule has 0 aliphatic heterocycles. The minimum absolute atomic E-state index is 0.236. The van der Waals surface area contributed by atoms with Crippen LogP contribution in [0.4, 0.5) is 5.69 Å². The maximum Gasteiger partial charge on any atom is 0.253 e. The third-order valence-corrected chi connectivity index (χ3v) is 5.60. The molecule has 1 amide bonds. The van der Waals surface area contributed by atoms with Gasteiger partial charge in [0.1, 0.15) is 11.7 Å². The van der Waals surface area contributed by atoms with Crippen LogP contribution in [0.15, 0.2) is 65.5 Å². The van der Waals surface area contributed by atoms with E-state index in [1.54, 1.807) is 39.6 Å². The first-order valence-corrected chi connectivity index (χ1v) is 10.5. The van der Waals surface area contributed by atoms with E-state index < -0.39 is 6.04 Å². The van der Waals surface area contributed by atoms with E-state index in [1.807, 2.05) is 51.1 Å². The molecule has 4 rings (SSSR count). The molecule has 1 unspecified atom stereocenters. The van der Waals surface area contributed by atoms with E-state index in [9.17, 15) is 9.59 Å². The van der Waals surface area contributed by atoms with Crippen LogP contribution in [0.25, 0.3) is 16.7 Å². The average molecular weight is 435 g/mol. The highest BCUT2D eigenvalue weighted by atomic mass is 35.5. The summed E-state index contributed by atoms with van der Waals surface area (Å²) in [5, 5.41) is 9.07. The summed E-state index contributed by atoms with van der Waals surface area (Å²) in [6.45, 7) is 5.70. The minimum Gasteiger partial charge on any atom is -0.324 e. The molecule has 158 valence electrons. The fourth-order valence-electron chi connectivity index (χ4n) is 3.92. The number of hydrogen-bond donors (Lipinski definition) is 1. The highest BCUT2D eigenvalue weighted by molar-refractivity contribution is 6.30. The van der Waals surface area contributed by atoms with Gasteiger partial charge in [-0.05, 0) is 62.2 Å². The molecule has 31 heavy (non-hydrogen) atoms. The van der Waals surface area contributed by atoms with Crippen molar-refractivity contribution in [2.24, 2.45) is 0 Å². The molecule has 2 heterocycles. The van der Waals surface area contributed by atoms with Crippen LogP contribution in [0.2, 0.25) is 5.02 Å². The summed E-state index contributed by atoms with van der Waals surface area (Å²) in [6.07, 6.45) is 0.441. The number of aryl methyl sites for hydroxylation is 2. The van der Waals surface area contributed by atoms with E-state index in [1.165, 1.54) is 0 Å². The van der Waals surface area contributed by atoms with Gasteiger partial charge in [0, 0.05) is 22.2 Å². The molecule has 0 saturated heterocycles. The summed E-state index contributed by atoms with van der Waals surface area (Å²) in [5.41, 5.74) is 3.47. The van der Waals surface area contributed by atoms with E-state index >= 15 is 0 Å². The van der Waals surface area contributed by atoms with Gasteiger partial charge in [-0.25, -0.2) is 4.68 Å². The Morgan fingerprint density at radius 2 is 1.77 bits per heavy atom. The van der Waals surface area contributed by atoms with Gasteiger partial charge in [0.25, 0.3) is 5.56 Å². The van der Waals surface area contributed by atoms with Crippen LogP contribution in [-0.2, 0) is 4.79 Å². The summed E-state index contributed by atoms with van der Waals surface area (Å²) in [7, 11) is 0. The number of pyridine rings is 1. The lowest BCUT2D eigenvalue weighted by Gasteiger charge is -2.21. The van der Waals surface area contributed by atoms with Gasteiger partial charge in [-0.3, -0.25) is 14.2 Å². The first-order chi connectivity index (χ1) is 14.9. The van der Waals surface area contributed by atoms with Gasteiger partial charge in [-0.1, -0.05) is 36.7 Å². The smallest absolute Gasteiger partial charge is 0.253 e. The fourth-order valence-corrected chi connectivity index (χ4v) is 4.05. The van der Waals surface area contributed by atoms with Gasteiger partial charge >= 0.3 is 0 Å². The monoisotopic (exact) mass is 434 g/mol. The Balaban J connectivity index is 1.90. The molecule has 0 aliphatic carbocycles. The van der Waals surface area contributed by atoms with E-state index in [4.69, 9.17) is 16.7 Å². The summed E-state index contributed by atoms with van der Waals surface area (Å²) >= 11 is 5.94.